The summed E-state index contributed by atoms with van der Waals surface area (Å²) in [4.78, 5) is 19.3. The topological polar surface area (TPSA) is 75.9 Å². The first kappa shape index (κ1) is 25.0. The maximum Gasteiger partial charge on any atom is 0.236 e. The number of benzene rings is 2. The summed E-state index contributed by atoms with van der Waals surface area (Å²) in [5.41, 5.74) is 2.63. The average Bonchev–Trinajstić information content (AvgIpc) is 3.47. The predicted molar refractivity (Wildman–Crippen MR) is 139 cm³/mol. The van der Waals surface area contributed by atoms with E-state index >= 15 is 0 Å². The Morgan fingerprint density at radius 1 is 1.14 bits per heavy atom. The van der Waals surface area contributed by atoms with E-state index in [0.717, 1.165) is 23.4 Å². The minimum absolute atomic E-state index is 0.120. The standard InChI is InChI=1S/C25H27FN6OS2/c1-4-21(31(2)3)23-29-30-25(32(23)14-17-8-6-5-7-9-17)35-16-22(33)28-24-27-20(15-34-24)18-10-12-19(26)13-11-18/h5-13,15,21H,4,14,16H2,1-3H3,(H,27,28,33). The van der Waals surface area contributed by atoms with Crippen molar-refractivity contribution in [3.8, 4) is 11.3 Å². The molecule has 2 aromatic heterocycles. The number of nitrogens with one attached hydrogen (secondary N) is 1. The first-order chi connectivity index (χ1) is 16.9. The van der Waals surface area contributed by atoms with E-state index in [1.165, 1.54) is 35.2 Å². The lowest BCUT2D eigenvalue weighted by atomic mass is 10.2. The molecule has 1 amide bonds. The van der Waals surface area contributed by atoms with Crippen molar-refractivity contribution >= 4 is 34.1 Å². The van der Waals surface area contributed by atoms with Crippen molar-refractivity contribution in [2.75, 3.05) is 25.2 Å². The predicted octanol–water partition coefficient (Wildman–Crippen LogP) is 5.33. The highest BCUT2D eigenvalue weighted by molar-refractivity contribution is 7.99. The maximum atomic E-state index is 13.2. The summed E-state index contributed by atoms with van der Waals surface area (Å²) >= 11 is 2.69. The number of thioether (sulfide) groups is 1. The molecule has 0 saturated carbocycles. The summed E-state index contributed by atoms with van der Waals surface area (Å²) in [6.45, 7) is 2.76. The highest BCUT2D eigenvalue weighted by Crippen LogP contribution is 2.28. The molecule has 0 saturated heterocycles. The normalized spacial score (nSPS) is 12.1. The van der Waals surface area contributed by atoms with Gasteiger partial charge in [-0.05, 0) is 50.3 Å². The SMILES string of the molecule is CCC(c1nnc(SCC(=O)Nc2nc(-c3ccc(F)cc3)cs2)n1Cc1ccccc1)N(C)C. The van der Waals surface area contributed by atoms with Crippen LogP contribution in [-0.2, 0) is 11.3 Å². The average molecular weight is 511 g/mol. The van der Waals surface area contributed by atoms with E-state index < -0.39 is 0 Å². The third-order valence-electron chi connectivity index (χ3n) is 5.46. The third-order valence-corrected chi connectivity index (χ3v) is 7.18. The Kier molecular flexibility index (Phi) is 8.27. The number of carbonyl (C=O) groups excluding carboxylic acids is 1. The lowest BCUT2D eigenvalue weighted by molar-refractivity contribution is -0.113. The molecule has 1 unspecified atom stereocenters. The molecule has 4 rings (SSSR count). The van der Waals surface area contributed by atoms with Crippen molar-refractivity contribution in [3.05, 3.63) is 77.2 Å². The van der Waals surface area contributed by atoms with Gasteiger partial charge in [-0.25, -0.2) is 9.37 Å². The zero-order valence-electron chi connectivity index (χ0n) is 19.8. The Morgan fingerprint density at radius 2 is 1.89 bits per heavy atom. The van der Waals surface area contributed by atoms with Crippen LogP contribution >= 0.6 is 23.1 Å². The number of carbonyl (C=O) groups is 1. The zero-order chi connectivity index (χ0) is 24.8. The molecule has 0 aliphatic carbocycles. The molecule has 2 heterocycles. The molecule has 10 heteroatoms. The molecule has 4 aromatic rings. The number of hydrogen-bond donors (Lipinski definition) is 1. The molecule has 0 aliphatic heterocycles. The van der Waals surface area contributed by atoms with Gasteiger partial charge in [0.05, 0.1) is 24.0 Å². The molecule has 0 bridgehead atoms. The van der Waals surface area contributed by atoms with Crippen LogP contribution in [-0.4, -0.2) is 50.4 Å². The van der Waals surface area contributed by atoms with Crippen molar-refractivity contribution in [1.82, 2.24) is 24.6 Å². The molecule has 1 N–H and O–H groups in total. The van der Waals surface area contributed by atoms with E-state index in [1.54, 1.807) is 12.1 Å². The maximum absolute atomic E-state index is 13.2. The number of halogens is 1. The second-order valence-electron chi connectivity index (χ2n) is 8.18. The van der Waals surface area contributed by atoms with Gasteiger partial charge in [0.1, 0.15) is 5.82 Å². The van der Waals surface area contributed by atoms with Crippen LogP contribution in [0.2, 0.25) is 0 Å². The van der Waals surface area contributed by atoms with Crippen LogP contribution in [0.15, 0.2) is 65.1 Å². The van der Waals surface area contributed by atoms with Crippen LogP contribution in [0.1, 0.15) is 30.8 Å². The van der Waals surface area contributed by atoms with Crippen LogP contribution in [0, 0.1) is 5.82 Å². The summed E-state index contributed by atoms with van der Waals surface area (Å²) in [7, 11) is 4.06. The van der Waals surface area contributed by atoms with Gasteiger partial charge in [-0.1, -0.05) is 49.0 Å². The van der Waals surface area contributed by atoms with Gasteiger partial charge in [-0.2, -0.15) is 0 Å². The van der Waals surface area contributed by atoms with Gasteiger partial charge < -0.3 is 9.88 Å². The molecule has 182 valence electrons. The molecule has 7 nitrogen and oxygen atoms in total. The van der Waals surface area contributed by atoms with Crippen molar-refractivity contribution < 1.29 is 9.18 Å². The fraction of sp³-hybridized carbons (Fsp3) is 0.280. The molecular formula is C25H27FN6OS2. The van der Waals surface area contributed by atoms with Crippen molar-refractivity contribution in [2.45, 2.75) is 31.1 Å². The lowest BCUT2D eigenvalue weighted by Crippen LogP contribution is -2.23. The van der Waals surface area contributed by atoms with Gasteiger partial charge in [-0.3, -0.25) is 9.69 Å². The Labute approximate surface area is 212 Å². The van der Waals surface area contributed by atoms with Crippen LogP contribution < -0.4 is 5.32 Å². The van der Waals surface area contributed by atoms with Crippen molar-refractivity contribution in [2.24, 2.45) is 0 Å². The third kappa shape index (κ3) is 6.33. The van der Waals surface area contributed by atoms with Gasteiger partial charge in [-0.15, -0.1) is 21.5 Å². The van der Waals surface area contributed by atoms with Crippen LogP contribution in [0.3, 0.4) is 0 Å². The van der Waals surface area contributed by atoms with Crippen molar-refractivity contribution in [3.63, 3.8) is 0 Å². The Balaban J connectivity index is 1.45. The molecule has 0 aliphatic rings. The first-order valence-electron chi connectivity index (χ1n) is 11.2. The van der Waals surface area contributed by atoms with Gasteiger partial charge in [0.15, 0.2) is 16.1 Å². The molecule has 0 fully saturated rings. The van der Waals surface area contributed by atoms with E-state index in [1.807, 2.05) is 37.7 Å². The number of nitrogens with zero attached hydrogens (tertiary/aromatic N) is 5. The summed E-state index contributed by atoms with van der Waals surface area (Å²) in [5.74, 6) is 0.587. The smallest absolute Gasteiger partial charge is 0.236 e. The van der Waals surface area contributed by atoms with E-state index in [9.17, 15) is 9.18 Å². The van der Waals surface area contributed by atoms with Gasteiger partial charge in [0, 0.05) is 10.9 Å². The number of hydrogen-bond acceptors (Lipinski definition) is 7. The summed E-state index contributed by atoms with van der Waals surface area (Å²) in [5, 5.41) is 14.8. The zero-order valence-corrected chi connectivity index (χ0v) is 21.4. The Morgan fingerprint density at radius 3 is 2.57 bits per heavy atom. The molecule has 35 heavy (non-hydrogen) atoms. The van der Waals surface area contributed by atoms with Crippen molar-refractivity contribution in [1.29, 1.82) is 0 Å². The number of thiazole rings is 1. The van der Waals surface area contributed by atoms with E-state index in [0.29, 0.717) is 22.5 Å². The fourth-order valence-electron chi connectivity index (χ4n) is 3.72. The second kappa shape index (κ2) is 11.6. The highest BCUT2D eigenvalue weighted by Gasteiger charge is 2.23. The molecule has 1 atom stereocenters. The van der Waals surface area contributed by atoms with Crippen LogP contribution in [0.25, 0.3) is 11.3 Å². The van der Waals surface area contributed by atoms with Gasteiger partial charge in [0.25, 0.3) is 0 Å². The number of anilines is 1. The van der Waals surface area contributed by atoms with E-state index in [-0.39, 0.29) is 23.5 Å². The molecule has 0 spiro atoms. The monoisotopic (exact) mass is 510 g/mol. The molecule has 0 radical (unpaired) electrons. The fourth-order valence-corrected chi connectivity index (χ4v) is 5.20. The minimum Gasteiger partial charge on any atom is -0.301 e. The van der Waals surface area contributed by atoms with Gasteiger partial charge in [0.2, 0.25) is 5.91 Å². The number of aromatic nitrogens is 4. The minimum atomic E-state index is -0.298. The first-order valence-corrected chi connectivity index (χ1v) is 13.1. The van der Waals surface area contributed by atoms with E-state index in [4.69, 9.17) is 0 Å². The lowest BCUT2D eigenvalue weighted by Gasteiger charge is -2.23. The largest absolute Gasteiger partial charge is 0.301 e. The number of rotatable bonds is 10. The van der Waals surface area contributed by atoms with E-state index in [2.05, 4.69) is 49.0 Å². The van der Waals surface area contributed by atoms with Crippen LogP contribution in [0.5, 0.6) is 0 Å². The Hall–Kier alpha value is -3.08. The summed E-state index contributed by atoms with van der Waals surface area (Å²) in [6.07, 6.45) is 0.894. The molecule has 2 aromatic carbocycles. The van der Waals surface area contributed by atoms with Crippen LogP contribution in [0.4, 0.5) is 9.52 Å². The Bertz CT molecular complexity index is 1260. The summed E-state index contributed by atoms with van der Waals surface area (Å²) in [6, 6.07) is 16.4. The number of amides is 1. The molecular weight excluding hydrogens is 483 g/mol. The quantitative estimate of drug-likeness (QED) is 0.291. The second-order valence-corrected chi connectivity index (χ2v) is 9.98. The van der Waals surface area contributed by atoms with Gasteiger partial charge >= 0.3 is 0 Å². The summed E-state index contributed by atoms with van der Waals surface area (Å²) < 4.78 is 15.3. The highest BCUT2D eigenvalue weighted by atomic mass is 32.2.